The minimum absolute atomic E-state index is 0.0723. The molecule has 0 unspecified atom stereocenters. The van der Waals surface area contributed by atoms with Gasteiger partial charge in [0.2, 0.25) is 0 Å². The molecule has 3 aromatic rings. The van der Waals surface area contributed by atoms with Crippen molar-refractivity contribution in [3.63, 3.8) is 0 Å². The van der Waals surface area contributed by atoms with Crippen molar-refractivity contribution in [3.8, 4) is 0 Å². The Bertz CT molecular complexity index is 1130. The molecule has 2 aliphatic rings. The van der Waals surface area contributed by atoms with Gasteiger partial charge in [-0.1, -0.05) is 23.1 Å². The number of anilines is 1. The first-order valence-corrected chi connectivity index (χ1v) is 11.5. The predicted octanol–water partition coefficient (Wildman–Crippen LogP) is 2.36. The minimum atomic E-state index is -0.249. The second-order valence-corrected chi connectivity index (χ2v) is 9.63. The van der Waals surface area contributed by atoms with Gasteiger partial charge in [0.1, 0.15) is 23.3 Å². The number of hydrogen-bond acceptors (Lipinski definition) is 7. The molecule has 0 bridgehead atoms. The average Bonchev–Trinajstić information content (AvgIpc) is 3.06. The fourth-order valence-corrected chi connectivity index (χ4v) is 5.50. The number of pyridine rings is 1. The number of morpholine rings is 1. The van der Waals surface area contributed by atoms with Crippen molar-refractivity contribution >= 4 is 49.3 Å². The van der Waals surface area contributed by atoms with E-state index in [-0.39, 0.29) is 11.2 Å². The maximum Gasteiger partial charge on any atom is 0.281 e. The van der Waals surface area contributed by atoms with Crippen molar-refractivity contribution < 1.29 is 14.5 Å². The second-order valence-electron chi connectivity index (χ2n) is 7.81. The number of nitrogens with one attached hydrogen (secondary N) is 2. The number of thiophene rings is 1. The van der Waals surface area contributed by atoms with E-state index in [1.54, 1.807) is 0 Å². The van der Waals surface area contributed by atoms with Crippen LogP contribution in [0.4, 0.5) is 5.82 Å². The highest BCUT2D eigenvalue weighted by molar-refractivity contribution is 7.98. The lowest BCUT2D eigenvalue weighted by Gasteiger charge is -2.33. The Hall–Kier alpha value is -1.68. The standard InChI is InChI=1S/C19H22N4O3S2/c1-19(2)8-10-11(9-26-19)15(23-4-6-25-7-5-23)21-17-12(10)13-14(28-17)16(24)22-18(20-13)27-3/h4-9H2,1-3H3,(H,20,22,24)/p+1. The molecule has 5 heterocycles. The molecule has 1 saturated heterocycles. The van der Waals surface area contributed by atoms with Crippen molar-refractivity contribution in [3.05, 3.63) is 21.5 Å². The van der Waals surface area contributed by atoms with Gasteiger partial charge in [-0.05, 0) is 25.7 Å². The lowest BCUT2D eigenvalue weighted by Crippen LogP contribution is -2.42. The van der Waals surface area contributed by atoms with Gasteiger partial charge < -0.3 is 14.5 Å². The van der Waals surface area contributed by atoms with Crippen molar-refractivity contribution in [2.45, 2.75) is 37.6 Å². The van der Waals surface area contributed by atoms with E-state index in [9.17, 15) is 4.79 Å². The molecule has 5 rings (SSSR count). The molecular weight excluding hydrogens is 396 g/mol. The van der Waals surface area contributed by atoms with Crippen LogP contribution in [0.15, 0.2) is 9.95 Å². The van der Waals surface area contributed by atoms with Crippen molar-refractivity contribution in [2.75, 3.05) is 37.5 Å². The molecule has 28 heavy (non-hydrogen) atoms. The zero-order valence-corrected chi connectivity index (χ0v) is 17.8. The Morgan fingerprint density at radius 1 is 1.29 bits per heavy atom. The highest BCUT2D eigenvalue weighted by atomic mass is 32.2. The molecule has 0 aromatic carbocycles. The summed E-state index contributed by atoms with van der Waals surface area (Å²) in [5.41, 5.74) is 2.91. The smallest absolute Gasteiger partial charge is 0.281 e. The summed E-state index contributed by atoms with van der Waals surface area (Å²) in [7, 11) is 0. The fourth-order valence-electron chi connectivity index (χ4n) is 4.06. The zero-order valence-electron chi connectivity index (χ0n) is 16.2. The highest BCUT2D eigenvalue weighted by Gasteiger charge is 2.36. The van der Waals surface area contributed by atoms with Crippen LogP contribution >= 0.6 is 23.1 Å². The summed E-state index contributed by atoms with van der Waals surface area (Å²) < 4.78 is 12.4. The van der Waals surface area contributed by atoms with Gasteiger partial charge >= 0.3 is 0 Å². The first-order chi connectivity index (χ1) is 13.5. The Morgan fingerprint density at radius 3 is 2.82 bits per heavy atom. The summed E-state index contributed by atoms with van der Waals surface area (Å²) in [4.78, 5) is 27.2. The molecule has 0 spiro atoms. The number of thioether (sulfide) groups is 1. The van der Waals surface area contributed by atoms with Gasteiger partial charge in [0.25, 0.3) is 11.4 Å². The topological polar surface area (TPSA) is 81.6 Å². The van der Waals surface area contributed by atoms with Crippen LogP contribution in [0.2, 0.25) is 0 Å². The van der Waals surface area contributed by atoms with Gasteiger partial charge in [-0.15, -0.1) is 0 Å². The molecule has 7 nitrogen and oxygen atoms in total. The van der Waals surface area contributed by atoms with E-state index in [0.29, 0.717) is 16.5 Å². The average molecular weight is 420 g/mol. The quantitative estimate of drug-likeness (QED) is 0.507. The summed E-state index contributed by atoms with van der Waals surface area (Å²) in [5.74, 6) is 1.09. The molecule has 148 valence electrons. The first-order valence-electron chi connectivity index (χ1n) is 9.41. The van der Waals surface area contributed by atoms with Crippen molar-refractivity contribution in [1.29, 1.82) is 0 Å². The molecule has 0 radical (unpaired) electrons. The molecule has 2 aliphatic heterocycles. The number of hydrogen-bond donors (Lipinski definition) is 1. The Labute approximate surface area is 170 Å². The Morgan fingerprint density at radius 2 is 2.07 bits per heavy atom. The van der Waals surface area contributed by atoms with E-state index in [2.05, 4.69) is 28.7 Å². The Balaban J connectivity index is 1.84. The first kappa shape index (κ1) is 18.4. The number of nitrogens with zero attached hydrogens (tertiary/aromatic N) is 2. The lowest BCUT2D eigenvalue weighted by molar-refractivity contribution is -0.329. The normalized spacial score (nSPS) is 19.3. The molecule has 9 heteroatoms. The minimum Gasteiger partial charge on any atom is -0.373 e. The maximum absolute atomic E-state index is 12.6. The van der Waals surface area contributed by atoms with Gasteiger partial charge in [-0.2, -0.15) is 0 Å². The van der Waals surface area contributed by atoms with Gasteiger partial charge in [-0.25, -0.2) is 9.97 Å². The van der Waals surface area contributed by atoms with Crippen LogP contribution in [0.5, 0.6) is 0 Å². The van der Waals surface area contributed by atoms with Crippen molar-refractivity contribution in [2.24, 2.45) is 0 Å². The van der Waals surface area contributed by atoms with E-state index in [0.717, 1.165) is 54.3 Å². The number of rotatable bonds is 2. The SMILES string of the molecule is CSc1nc2c(sc3[nH+]c(N4CCOCC4)c4c(c32)CC(C)(C)OC4)c(=O)[nH]1. The zero-order chi connectivity index (χ0) is 19.5. The van der Waals surface area contributed by atoms with Crippen LogP contribution in [0.1, 0.15) is 25.0 Å². The van der Waals surface area contributed by atoms with E-state index in [4.69, 9.17) is 14.5 Å². The van der Waals surface area contributed by atoms with Gasteiger partial charge in [0, 0.05) is 6.42 Å². The summed E-state index contributed by atoms with van der Waals surface area (Å²) in [6.07, 6.45) is 2.72. The molecule has 2 N–H and O–H groups in total. The molecule has 0 atom stereocenters. The number of ether oxygens (including phenoxy) is 2. The molecule has 0 aliphatic carbocycles. The third-order valence-corrected chi connectivity index (χ3v) is 7.11. The van der Waals surface area contributed by atoms with Crippen LogP contribution in [0, 0.1) is 0 Å². The third-order valence-electron chi connectivity index (χ3n) is 5.44. The number of fused-ring (bicyclic) bond motifs is 5. The predicted molar refractivity (Wildman–Crippen MR) is 112 cm³/mol. The van der Waals surface area contributed by atoms with E-state index < -0.39 is 0 Å². The molecule has 0 amide bonds. The lowest BCUT2D eigenvalue weighted by atomic mass is 9.90. The van der Waals surface area contributed by atoms with Crippen LogP contribution in [0.25, 0.3) is 20.4 Å². The molecular formula is C19H23N4O3S2+. The Kier molecular flexibility index (Phi) is 4.38. The van der Waals surface area contributed by atoms with Crippen molar-refractivity contribution in [1.82, 2.24) is 9.97 Å². The van der Waals surface area contributed by atoms with E-state index in [1.165, 1.54) is 34.2 Å². The van der Waals surface area contributed by atoms with Crippen LogP contribution in [-0.2, 0) is 22.5 Å². The monoisotopic (exact) mass is 419 g/mol. The van der Waals surface area contributed by atoms with Gasteiger partial charge in [0.15, 0.2) is 9.99 Å². The van der Waals surface area contributed by atoms with Crippen LogP contribution < -0.4 is 15.4 Å². The number of aromatic amines is 2. The summed E-state index contributed by atoms with van der Waals surface area (Å²) in [5, 5.41) is 1.72. The summed E-state index contributed by atoms with van der Waals surface area (Å²) in [6.45, 7) is 7.92. The largest absolute Gasteiger partial charge is 0.373 e. The van der Waals surface area contributed by atoms with Crippen LogP contribution in [0.3, 0.4) is 0 Å². The fraction of sp³-hybridized carbons (Fsp3) is 0.526. The maximum atomic E-state index is 12.6. The number of aromatic nitrogens is 3. The molecule has 0 saturated carbocycles. The van der Waals surface area contributed by atoms with Gasteiger partial charge in [-0.3, -0.25) is 9.69 Å². The number of H-pyrrole nitrogens is 2. The molecule has 1 fully saturated rings. The van der Waals surface area contributed by atoms with E-state index in [1.807, 2.05) is 6.26 Å². The third kappa shape index (κ3) is 2.92. The highest BCUT2D eigenvalue weighted by Crippen LogP contribution is 2.40. The molecule has 3 aromatic heterocycles. The van der Waals surface area contributed by atoms with Gasteiger partial charge in [0.05, 0.1) is 36.4 Å². The second kappa shape index (κ2) is 6.69. The van der Waals surface area contributed by atoms with E-state index >= 15 is 0 Å². The van der Waals surface area contributed by atoms with Crippen LogP contribution in [-0.4, -0.2) is 48.1 Å². The summed E-state index contributed by atoms with van der Waals surface area (Å²) >= 11 is 2.94. The summed E-state index contributed by atoms with van der Waals surface area (Å²) in [6, 6.07) is 0.